The fourth-order valence-corrected chi connectivity index (χ4v) is 2.68. The Morgan fingerprint density at radius 1 is 0.529 bits per heavy atom. The van der Waals surface area contributed by atoms with Gasteiger partial charge in [-0.05, 0) is 0 Å². The highest BCUT2D eigenvalue weighted by Crippen LogP contribution is 2.45. The predicted octanol–water partition coefficient (Wildman–Crippen LogP) is 1.41. The van der Waals surface area contributed by atoms with Crippen LogP contribution in [-0.4, -0.2) is 32.4 Å². The summed E-state index contributed by atoms with van der Waals surface area (Å²) in [6.07, 6.45) is 0. The maximum absolute atomic E-state index is 12.4. The van der Waals surface area contributed by atoms with Crippen LogP contribution in [-0.2, 0) is 19.7 Å². The van der Waals surface area contributed by atoms with E-state index >= 15 is 0 Å². The highest BCUT2D eigenvalue weighted by molar-refractivity contribution is 8.10. The van der Waals surface area contributed by atoms with Crippen LogP contribution in [0.1, 0.15) is 0 Å². The second-order valence-electron chi connectivity index (χ2n) is 2.36. The van der Waals surface area contributed by atoms with Crippen LogP contribution < -0.4 is 0 Å². The normalized spacial score (nSPS) is 16.0. The summed E-state index contributed by atoms with van der Waals surface area (Å²) in [6.45, 7) is 0. The van der Waals surface area contributed by atoms with Crippen LogP contribution in [0.15, 0.2) is 0 Å². The lowest BCUT2D eigenvalue weighted by Crippen LogP contribution is -2.50. The third-order valence-electron chi connectivity index (χ3n) is 1.24. The van der Waals surface area contributed by atoms with Crippen molar-refractivity contribution < 1.29 is 52.0 Å². The average Bonchev–Trinajstić information content (AvgIpc) is 1.98. The van der Waals surface area contributed by atoms with Gasteiger partial charge >= 0.3 is 35.3 Å². The molecule has 0 fully saturated rings. The second kappa shape index (κ2) is 3.66. The molecule has 0 radical (unpaired) electrons. The SMILES string of the molecule is O=S(=O)(C(F)(F)F)C(F)(F)S(=O)(=O)C(F)(F)F. The number of hydrogen-bond donors (Lipinski definition) is 0. The molecule has 0 rings (SSSR count). The Morgan fingerprint density at radius 3 is 0.824 bits per heavy atom. The first-order chi connectivity index (χ1) is 7.00. The molecule has 0 heterocycles. The Kier molecular flexibility index (Phi) is 3.52. The maximum Gasteiger partial charge on any atom is 0.504 e. The largest absolute Gasteiger partial charge is 0.504 e. The van der Waals surface area contributed by atoms with E-state index in [2.05, 4.69) is 0 Å². The van der Waals surface area contributed by atoms with Gasteiger partial charge in [0.25, 0.3) is 0 Å². The molecule has 0 saturated carbocycles. The van der Waals surface area contributed by atoms with Crippen molar-refractivity contribution >= 4 is 19.7 Å². The average molecular weight is 316 g/mol. The molecular formula is C3F8O4S2. The summed E-state index contributed by atoms with van der Waals surface area (Å²) < 4.78 is 127. The molecule has 0 aliphatic carbocycles. The third kappa shape index (κ3) is 2.19. The minimum absolute atomic E-state index is 6.85. The molecule has 14 heteroatoms. The molecule has 0 unspecified atom stereocenters. The zero-order valence-corrected chi connectivity index (χ0v) is 8.61. The number of rotatable bonds is 2. The van der Waals surface area contributed by atoms with Crippen LogP contribution in [0.5, 0.6) is 0 Å². The molecular weight excluding hydrogens is 316 g/mol. The van der Waals surface area contributed by atoms with Gasteiger partial charge < -0.3 is 0 Å². The van der Waals surface area contributed by atoms with Gasteiger partial charge in [0.2, 0.25) is 0 Å². The van der Waals surface area contributed by atoms with Crippen LogP contribution in [0.3, 0.4) is 0 Å². The van der Waals surface area contributed by atoms with Gasteiger partial charge in [-0.2, -0.15) is 35.1 Å². The van der Waals surface area contributed by atoms with Crippen LogP contribution in [0.2, 0.25) is 0 Å². The summed E-state index contributed by atoms with van der Waals surface area (Å²) in [6, 6.07) is 0. The molecule has 0 saturated heterocycles. The van der Waals surface area contributed by atoms with E-state index < -0.39 is 35.3 Å². The van der Waals surface area contributed by atoms with Crippen molar-refractivity contribution in [2.75, 3.05) is 0 Å². The zero-order valence-electron chi connectivity index (χ0n) is 6.97. The summed E-state index contributed by atoms with van der Waals surface area (Å²) in [4.78, 5) is 0. The molecule has 0 N–H and O–H groups in total. The van der Waals surface area contributed by atoms with Crippen LogP contribution in [0.25, 0.3) is 0 Å². The van der Waals surface area contributed by atoms with E-state index in [1.165, 1.54) is 0 Å². The van der Waals surface area contributed by atoms with Gasteiger partial charge in [0, 0.05) is 0 Å². The topological polar surface area (TPSA) is 68.3 Å². The minimum atomic E-state index is -7.86. The van der Waals surface area contributed by atoms with E-state index in [9.17, 15) is 52.0 Å². The molecule has 0 aromatic carbocycles. The quantitative estimate of drug-likeness (QED) is 0.722. The van der Waals surface area contributed by atoms with Gasteiger partial charge in [-0.25, -0.2) is 16.8 Å². The highest BCUT2D eigenvalue weighted by Gasteiger charge is 2.75. The number of alkyl halides is 8. The summed E-state index contributed by atoms with van der Waals surface area (Å²) in [5.74, 6) is 0. The van der Waals surface area contributed by atoms with E-state index in [-0.39, 0.29) is 0 Å². The Balaban J connectivity index is 6.14. The fraction of sp³-hybridized carbons (Fsp3) is 1.00. The van der Waals surface area contributed by atoms with Crippen LogP contribution >= 0.6 is 0 Å². The summed E-state index contributed by atoms with van der Waals surface area (Å²) in [5, 5.41) is 0. The molecule has 0 bridgehead atoms. The van der Waals surface area contributed by atoms with Crippen LogP contribution in [0.4, 0.5) is 35.1 Å². The molecule has 17 heavy (non-hydrogen) atoms. The van der Waals surface area contributed by atoms with Crippen molar-refractivity contribution in [2.24, 2.45) is 0 Å². The Labute approximate surface area is 88.0 Å². The molecule has 0 atom stereocenters. The Bertz CT molecular complexity index is 446. The molecule has 0 aromatic rings. The van der Waals surface area contributed by atoms with Crippen molar-refractivity contribution in [3.63, 3.8) is 0 Å². The lowest BCUT2D eigenvalue weighted by Gasteiger charge is -2.19. The first-order valence-corrected chi connectivity index (χ1v) is 5.96. The first-order valence-electron chi connectivity index (χ1n) is 3.00. The predicted molar refractivity (Wildman–Crippen MR) is 34.9 cm³/mol. The van der Waals surface area contributed by atoms with E-state index in [1.807, 2.05) is 0 Å². The Hall–Kier alpha value is -0.660. The summed E-state index contributed by atoms with van der Waals surface area (Å²) in [5.41, 5.74) is -13.7. The third-order valence-corrected chi connectivity index (χ3v) is 5.02. The monoisotopic (exact) mass is 316 g/mol. The zero-order chi connectivity index (χ0) is 14.5. The van der Waals surface area contributed by atoms with Gasteiger partial charge in [-0.3, -0.25) is 0 Å². The van der Waals surface area contributed by atoms with E-state index in [4.69, 9.17) is 0 Å². The van der Waals surface area contributed by atoms with Crippen molar-refractivity contribution in [3.8, 4) is 0 Å². The van der Waals surface area contributed by atoms with Crippen molar-refractivity contribution in [3.05, 3.63) is 0 Å². The minimum Gasteiger partial charge on any atom is -0.212 e. The first kappa shape index (κ1) is 16.3. The fourth-order valence-electron chi connectivity index (χ4n) is 0.414. The van der Waals surface area contributed by atoms with Gasteiger partial charge in [0.05, 0.1) is 0 Å². The summed E-state index contributed by atoms with van der Waals surface area (Å²) >= 11 is 0. The number of sulfone groups is 2. The summed E-state index contributed by atoms with van der Waals surface area (Å²) in [7, 11) is -15.7. The lowest BCUT2D eigenvalue weighted by atomic mass is 11.5. The Morgan fingerprint density at radius 2 is 0.706 bits per heavy atom. The van der Waals surface area contributed by atoms with E-state index in [0.717, 1.165) is 0 Å². The second-order valence-corrected chi connectivity index (χ2v) is 6.59. The smallest absolute Gasteiger partial charge is 0.212 e. The molecule has 0 spiro atoms. The molecule has 0 amide bonds. The van der Waals surface area contributed by atoms with Crippen molar-refractivity contribution in [1.29, 1.82) is 0 Å². The maximum atomic E-state index is 12.4. The molecule has 0 aliphatic heterocycles. The van der Waals surface area contributed by atoms with E-state index in [0.29, 0.717) is 0 Å². The van der Waals surface area contributed by atoms with Gasteiger partial charge in [0.1, 0.15) is 0 Å². The highest BCUT2D eigenvalue weighted by atomic mass is 32.3. The van der Waals surface area contributed by atoms with Crippen molar-refractivity contribution in [1.82, 2.24) is 0 Å². The van der Waals surface area contributed by atoms with Gasteiger partial charge in [-0.15, -0.1) is 0 Å². The number of halogens is 8. The molecule has 104 valence electrons. The lowest BCUT2D eigenvalue weighted by molar-refractivity contribution is -0.0596. The van der Waals surface area contributed by atoms with Crippen LogP contribution in [0, 0.1) is 0 Å². The molecule has 0 aliphatic rings. The number of hydrogen-bond acceptors (Lipinski definition) is 4. The standard InChI is InChI=1S/C3F8O4S2/c4-1(5,6)16(12,13)3(10,11)17(14,15)2(7,8)9. The van der Waals surface area contributed by atoms with Gasteiger partial charge in [0.15, 0.2) is 0 Å². The van der Waals surface area contributed by atoms with Crippen molar-refractivity contribution in [2.45, 2.75) is 15.6 Å². The molecule has 0 aromatic heterocycles. The van der Waals surface area contributed by atoms with E-state index in [1.54, 1.807) is 0 Å². The molecule has 4 nitrogen and oxygen atoms in total. The van der Waals surface area contributed by atoms with Gasteiger partial charge in [-0.1, -0.05) is 0 Å².